The van der Waals surface area contributed by atoms with Gasteiger partial charge in [-0.05, 0) is 61.4 Å². The zero-order chi connectivity index (χ0) is 20.8. The molecule has 0 aromatic heterocycles. The minimum atomic E-state index is -0.243. The van der Waals surface area contributed by atoms with E-state index >= 15 is 0 Å². The van der Waals surface area contributed by atoms with Gasteiger partial charge in [-0.1, -0.05) is 53.0 Å². The molecule has 6 heteroatoms. The van der Waals surface area contributed by atoms with Crippen molar-refractivity contribution in [1.29, 1.82) is 0 Å². The molecule has 29 heavy (non-hydrogen) atoms. The lowest BCUT2D eigenvalue weighted by atomic mass is 10.1. The first-order valence-corrected chi connectivity index (χ1v) is 9.94. The maximum atomic E-state index is 12.1. The van der Waals surface area contributed by atoms with Crippen molar-refractivity contribution in [2.45, 2.75) is 20.4 Å². The molecule has 0 saturated heterocycles. The third-order valence-electron chi connectivity index (χ3n) is 4.37. The minimum absolute atomic E-state index is 0.118. The summed E-state index contributed by atoms with van der Waals surface area (Å²) in [6, 6.07) is 18.8. The van der Waals surface area contributed by atoms with Crippen molar-refractivity contribution in [3.05, 3.63) is 87.4 Å². The number of carbonyl (C=O) groups is 1. The van der Waals surface area contributed by atoms with E-state index in [9.17, 15) is 4.79 Å². The van der Waals surface area contributed by atoms with Gasteiger partial charge < -0.3 is 15.4 Å². The Labute approximate surface area is 180 Å². The van der Waals surface area contributed by atoms with Gasteiger partial charge in [0.15, 0.2) is 6.61 Å². The second kappa shape index (κ2) is 9.68. The van der Waals surface area contributed by atoms with Crippen LogP contribution in [0.1, 0.15) is 16.7 Å². The Bertz CT molecular complexity index is 1000. The molecule has 150 valence electrons. The van der Waals surface area contributed by atoms with Crippen LogP contribution in [0.25, 0.3) is 0 Å². The van der Waals surface area contributed by atoms with Crippen LogP contribution >= 0.6 is 23.2 Å². The van der Waals surface area contributed by atoms with Crippen LogP contribution in [0.15, 0.2) is 60.7 Å². The van der Waals surface area contributed by atoms with Gasteiger partial charge in [0.2, 0.25) is 0 Å². The number of halogens is 2. The molecule has 2 N–H and O–H groups in total. The third-order valence-corrected chi connectivity index (χ3v) is 4.90. The van der Waals surface area contributed by atoms with E-state index in [-0.39, 0.29) is 12.5 Å². The summed E-state index contributed by atoms with van der Waals surface area (Å²) in [7, 11) is 0. The molecule has 4 nitrogen and oxygen atoms in total. The maximum absolute atomic E-state index is 12.1. The number of carbonyl (C=O) groups excluding carboxylic acids is 1. The number of rotatable bonds is 7. The van der Waals surface area contributed by atoms with Gasteiger partial charge in [-0.15, -0.1) is 0 Å². The molecule has 3 aromatic carbocycles. The number of nitrogens with one attached hydrogen (secondary N) is 2. The van der Waals surface area contributed by atoms with Crippen LogP contribution in [0.2, 0.25) is 10.0 Å². The molecule has 3 aromatic rings. The predicted octanol–water partition coefficient (Wildman–Crippen LogP) is 6.24. The van der Waals surface area contributed by atoms with Crippen LogP contribution in [0.3, 0.4) is 0 Å². The van der Waals surface area contributed by atoms with Crippen LogP contribution in [-0.2, 0) is 11.3 Å². The van der Waals surface area contributed by atoms with Gasteiger partial charge in [0.1, 0.15) is 5.75 Å². The van der Waals surface area contributed by atoms with Gasteiger partial charge in [-0.3, -0.25) is 4.79 Å². The van der Waals surface area contributed by atoms with Crippen LogP contribution < -0.4 is 15.4 Å². The van der Waals surface area contributed by atoms with Gasteiger partial charge in [-0.25, -0.2) is 0 Å². The fraction of sp³-hybridized carbons (Fsp3) is 0.174. The Morgan fingerprint density at radius 3 is 2.45 bits per heavy atom. The number of hydrogen-bond acceptors (Lipinski definition) is 3. The zero-order valence-corrected chi connectivity index (χ0v) is 17.8. The highest BCUT2D eigenvalue weighted by molar-refractivity contribution is 6.32. The van der Waals surface area contributed by atoms with Gasteiger partial charge in [0, 0.05) is 22.9 Å². The summed E-state index contributed by atoms with van der Waals surface area (Å²) < 4.78 is 5.57. The van der Waals surface area contributed by atoms with Gasteiger partial charge >= 0.3 is 0 Å². The smallest absolute Gasteiger partial charge is 0.262 e. The Hall–Kier alpha value is -2.69. The summed E-state index contributed by atoms with van der Waals surface area (Å²) in [4.78, 5) is 12.1. The van der Waals surface area contributed by atoms with Crippen molar-refractivity contribution in [2.24, 2.45) is 0 Å². The molecule has 3 rings (SSSR count). The Kier molecular flexibility index (Phi) is 7.02. The fourth-order valence-corrected chi connectivity index (χ4v) is 3.16. The Morgan fingerprint density at radius 1 is 0.966 bits per heavy atom. The van der Waals surface area contributed by atoms with E-state index < -0.39 is 0 Å². The SMILES string of the molecule is Cc1ccc(NC(=O)COc2ccc(CNc3cc(Cl)ccc3C)cc2Cl)cc1. The number of anilines is 2. The minimum Gasteiger partial charge on any atom is -0.482 e. The average molecular weight is 429 g/mol. The van der Waals surface area contributed by atoms with Crippen molar-refractivity contribution < 1.29 is 9.53 Å². The lowest BCUT2D eigenvalue weighted by Crippen LogP contribution is -2.20. The molecule has 0 unspecified atom stereocenters. The molecule has 0 aliphatic rings. The molecule has 0 heterocycles. The summed E-state index contributed by atoms with van der Waals surface area (Å²) in [5.74, 6) is 0.223. The Balaban J connectivity index is 1.54. The lowest BCUT2D eigenvalue weighted by molar-refractivity contribution is -0.118. The molecule has 0 atom stereocenters. The van der Waals surface area contributed by atoms with Crippen LogP contribution in [-0.4, -0.2) is 12.5 Å². The highest BCUT2D eigenvalue weighted by Crippen LogP contribution is 2.27. The summed E-state index contributed by atoms with van der Waals surface area (Å²) in [6.45, 7) is 4.48. The molecule has 1 amide bonds. The van der Waals surface area contributed by atoms with Crippen molar-refractivity contribution in [3.63, 3.8) is 0 Å². The van der Waals surface area contributed by atoms with Crippen molar-refractivity contribution >= 4 is 40.5 Å². The molecule has 0 aliphatic carbocycles. The first-order chi connectivity index (χ1) is 13.9. The van der Waals surface area contributed by atoms with Crippen LogP contribution in [0.4, 0.5) is 11.4 Å². The summed E-state index contributed by atoms with van der Waals surface area (Å²) in [6.07, 6.45) is 0. The van der Waals surface area contributed by atoms with Crippen molar-refractivity contribution in [1.82, 2.24) is 0 Å². The first kappa shape index (κ1) is 21.0. The summed E-state index contributed by atoms with van der Waals surface area (Å²) in [5.41, 5.74) is 4.94. The van der Waals surface area contributed by atoms with Gasteiger partial charge in [-0.2, -0.15) is 0 Å². The van der Waals surface area contributed by atoms with Gasteiger partial charge in [0.05, 0.1) is 5.02 Å². The number of hydrogen-bond donors (Lipinski definition) is 2. The molecule has 0 radical (unpaired) electrons. The van der Waals surface area contributed by atoms with E-state index in [2.05, 4.69) is 10.6 Å². The molecule has 0 saturated carbocycles. The highest BCUT2D eigenvalue weighted by Gasteiger charge is 2.08. The van der Waals surface area contributed by atoms with Gasteiger partial charge in [0.25, 0.3) is 5.91 Å². The third kappa shape index (κ3) is 6.14. The normalized spacial score (nSPS) is 10.5. The number of aryl methyl sites for hydroxylation is 2. The quantitative estimate of drug-likeness (QED) is 0.468. The predicted molar refractivity (Wildman–Crippen MR) is 120 cm³/mol. The van der Waals surface area contributed by atoms with Crippen molar-refractivity contribution in [2.75, 3.05) is 17.2 Å². The van der Waals surface area contributed by atoms with Crippen molar-refractivity contribution in [3.8, 4) is 5.75 Å². The second-order valence-electron chi connectivity index (χ2n) is 6.78. The number of amides is 1. The van der Waals surface area contributed by atoms with E-state index in [1.807, 2.05) is 68.4 Å². The molecule has 0 fully saturated rings. The van der Waals surface area contributed by atoms with Crippen LogP contribution in [0.5, 0.6) is 5.75 Å². The highest BCUT2D eigenvalue weighted by atomic mass is 35.5. The summed E-state index contributed by atoms with van der Waals surface area (Å²) in [5, 5.41) is 7.28. The van der Waals surface area contributed by atoms with E-state index in [0.29, 0.717) is 22.3 Å². The molecular formula is C23H22Cl2N2O2. The summed E-state index contributed by atoms with van der Waals surface area (Å²) >= 11 is 12.4. The van der Waals surface area contributed by atoms with E-state index in [1.54, 1.807) is 6.07 Å². The number of benzene rings is 3. The monoisotopic (exact) mass is 428 g/mol. The van der Waals surface area contributed by atoms with E-state index in [0.717, 1.165) is 28.1 Å². The van der Waals surface area contributed by atoms with E-state index in [1.165, 1.54) is 0 Å². The van der Waals surface area contributed by atoms with E-state index in [4.69, 9.17) is 27.9 Å². The first-order valence-electron chi connectivity index (χ1n) is 9.18. The fourth-order valence-electron chi connectivity index (χ4n) is 2.73. The Morgan fingerprint density at radius 2 is 1.72 bits per heavy atom. The second-order valence-corrected chi connectivity index (χ2v) is 7.62. The standard InChI is InChI=1S/C23H22Cl2N2O2/c1-15-3-8-19(9-4-15)27-23(28)14-29-22-10-6-17(11-20(22)25)13-26-21-12-18(24)7-5-16(21)2/h3-12,26H,13-14H2,1-2H3,(H,27,28). The largest absolute Gasteiger partial charge is 0.482 e. The molecular weight excluding hydrogens is 407 g/mol. The van der Waals surface area contributed by atoms with Crippen LogP contribution in [0, 0.1) is 13.8 Å². The number of ether oxygens (including phenoxy) is 1. The molecule has 0 bridgehead atoms. The molecule has 0 spiro atoms. The lowest BCUT2D eigenvalue weighted by Gasteiger charge is -2.12. The average Bonchev–Trinajstić information content (AvgIpc) is 2.69. The topological polar surface area (TPSA) is 50.4 Å². The maximum Gasteiger partial charge on any atom is 0.262 e. The molecule has 0 aliphatic heterocycles. The zero-order valence-electron chi connectivity index (χ0n) is 16.3.